The molecule has 0 amide bonds. The first-order chi connectivity index (χ1) is 17.0. The molecule has 0 bridgehead atoms. The molecule has 0 spiro atoms. The van der Waals surface area contributed by atoms with E-state index in [0.717, 1.165) is 18.4 Å². The van der Waals surface area contributed by atoms with Crippen molar-refractivity contribution in [3.8, 4) is 0 Å². The van der Waals surface area contributed by atoms with Crippen LogP contribution in [0.1, 0.15) is 31.2 Å². The highest BCUT2D eigenvalue weighted by molar-refractivity contribution is 9.11. The molecule has 194 valence electrons. The molecule has 3 rings (SSSR count). The molecule has 2 heterocycles. The van der Waals surface area contributed by atoms with Crippen molar-refractivity contribution in [2.45, 2.75) is 44.1 Å². The van der Waals surface area contributed by atoms with Crippen LogP contribution in [0, 0.1) is 0 Å². The van der Waals surface area contributed by atoms with Gasteiger partial charge in [-0.15, -0.1) is 0 Å². The normalized spacial score (nSPS) is 22.0. The van der Waals surface area contributed by atoms with Gasteiger partial charge in [0.1, 0.15) is 30.4 Å². The third kappa shape index (κ3) is 7.00. The van der Waals surface area contributed by atoms with Gasteiger partial charge in [-0.25, -0.2) is 4.79 Å². The molecule has 36 heavy (non-hydrogen) atoms. The lowest BCUT2D eigenvalue weighted by atomic mass is 10.1. The van der Waals surface area contributed by atoms with Gasteiger partial charge in [-0.05, 0) is 16.6 Å². The van der Waals surface area contributed by atoms with Gasteiger partial charge in [0.2, 0.25) is 0 Å². The van der Waals surface area contributed by atoms with E-state index in [1.807, 2.05) is 0 Å². The van der Waals surface area contributed by atoms with Crippen molar-refractivity contribution in [3.63, 3.8) is 0 Å². The fourth-order valence-electron chi connectivity index (χ4n) is 3.56. The Morgan fingerprint density at radius 2 is 1.89 bits per heavy atom. The van der Waals surface area contributed by atoms with Gasteiger partial charge in [-0.3, -0.25) is 18.3 Å². The minimum Gasteiger partial charge on any atom is -0.463 e. The molecule has 1 aromatic carbocycles. The van der Waals surface area contributed by atoms with Gasteiger partial charge in [0, 0.05) is 25.6 Å². The van der Waals surface area contributed by atoms with Crippen LogP contribution in [-0.2, 0) is 43.9 Å². The Labute approximate surface area is 215 Å². The molecule has 0 unspecified atom stereocenters. The van der Waals surface area contributed by atoms with Crippen LogP contribution in [0.25, 0.3) is 6.08 Å². The average molecular weight is 586 g/mol. The first kappa shape index (κ1) is 27.5. The molecular formula is C22H24BrN3O9S. The molecule has 1 aliphatic rings. The monoisotopic (exact) mass is 585 g/mol. The fraction of sp³-hybridized carbons (Fsp3) is 0.364. The van der Waals surface area contributed by atoms with Crippen LogP contribution in [0.5, 0.6) is 0 Å². The predicted octanol–water partition coefficient (Wildman–Crippen LogP) is 1.50. The number of rotatable bonds is 9. The Hall–Kier alpha value is -3.07. The number of aromatic nitrogens is 2. The molecule has 0 radical (unpaired) electrons. The standard InChI is InChI=1S/C22H24BrN3O9S/c1-13(27)32-11-17-18(35-36(30,31)12-15-6-4-3-5-7-15)19(33-14(2)28)21(34-17)26-10-16(8-9-23)20(24)25-22(26)29/h3-10,17-19,21H,11-12H2,1-2H3,(H2,24,25,29)/t17-,18+,19-,21-/m1/s1. The van der Waals surface area contributed by atoms with E-state index in [2.05, 4.69) is 20.9 Å². The average Bonchev–Trinajstić information content (AvgIpc) is 3.10. The van der Waals surface area contributed by atoms with Crippen LogP contribution in [-0.4, -0.2) is 54.8 Å². The summed E-state index contributed by atoms with van der Waals surface area (Å²) in [5, 5.41) is 0. The van der Waals surface area contributed by atoms with E-state index in [1.165, 1.54) is 17.3 Å². The van der Waals surface area contributed by atoms with Crippen molar-refractivity contribution < 1.29 is 36.4 Å². The van der Waals surface area contributed by atoms with E-state index in [1.54, 1.807) is 30.3 Å². The third-order valence-corrected chi connectivity index (χ3v) is 6.48. The zero-order chi connectivity index (χ0) is 26.5. The van der Waals surface area contributed by atoms with Crippen LogP contribution < -0.4 is 11.4 Å². The van der Waals surface area contributed by atoms with Crippen LogP contribution in [0.15, 0.2) is 46.3 Å². The summed E-state index contributed by atoms with van der Waals surface area (Å²) >= 11 is 3.12. The maximum atomic E-state index is 12.9. The number of halogens is 1. The molecule has 2 N–H and O–H groups in total. The van der Waals surface area contributed by atoms with E-state index in [4.69, 9.17) is 24.1 Å². The minimum atomic E-state index is -4.25. The number of ether oxygens (including phenoxy) is 3. The summed E-state index contributed by atoms with van der Waals surface area (Å²) in [4.78, 5) is 41.3. The first-order valence-electron chi connectivity index (χ1n) is 10.6. The number of hydrogen-bond donors (Lipinski definition) is 1. The SMILES string of the molecule is CC(=O)OC[C@H]1O[C@@H](n2cc(C=CBr)c(N)nc2=O)[C@H](OC(C)=O)[C@H]1OS(=O)(=O)Cc1ccccc1. The van der Waals surface area contributed by atoms with Crippen LogP contribution >= 0.6 is 15.9 Å². The van der Waals surface area contributed by atoms with E-state index in [0.29, 0.717) is 11.1 Å². The van der Waals surface area contributed by atoms with Gasteiger partial charge in [0.15, 0.2) is 12.3 Å². The van der Waals surface area contributed by atoms with Crippen molar-refractivity contribution in [1.82, 2.24) is 9.55 Å². The molecule has 12 nitrogen and oxygen atoms in total. The molecule has 1 fully saturated rings. The van der Waals surface area contributed by atoms with E-state index in [9.17, 15) is 22.8 Å². The van der Waals surface area contributed by atoms with Crippen LogP contribution in [0.3, 0.4) is 0 Å². The second kappa shape index (κ2) is 11.8. The lowest BCUT2D eigenvalue weighted by Crippen LogP contribution is -2.42. The van der Waals surface area contributed by atoms with E-state index < -0.39 is 64.6 Å². The Morgan fingerprint density at radius 3 is 2.50 bits per heavy atom. The number of nitrogen functional groups attached to an aromatic ring is 1. The van der Waals surface area contributed by atoms with Gasteiger partial charge < -0.3 is 19.9 Å². The molecule has 14 heteroatoms. The van der Waals surface area contributed by atoms with Gasteiger partial charge in [0.05, 0.1) is 0 Å². The summed E-state index contributed by atoms with van der Waals surface area (Å²) in [7, 11) is -4.25. The highest BCUT2D eigenvalue weighted by Crippen LogP contribution is 2.35. The van der Waals surface area contributed by atoms with Crippen molar-refractivity contribution in [1.29, 1.82) is 0 Å². The molecule has 0 saturated carbocycles. The second-order valence-corrected chi connectivity index (χ2v) is 9.88. The third-order valence-electron chi connectivity index (χ3n) is 5.01. The van der Waals surface area contributed by atoms with Crippen molar-refractivity contribution in [2.75, 3.05) is 12.3 Å². The Balaban J connectivity index is 2.03. The van der Waals surface area contributed by atoms with E-state index in [-0.39, 0.29) is 5.82 Å². The number of hydrogen-bond acceptors (Lipinski definition) is 11. The number of benzene rings is 1. The van der Waals surface area contributed by atoms with Gasteiger partial charge >= 0.3 is 17.6 Å². The molecular weight excluding hydrogens is 562 g/mol. The molecule has 4 atom stereocenters. The number of esters is 2. The largest absolute Gasteiger partial charge is 0.463 e. The molecule has 2 aromatic rings. The first-order valence-corrected chi connectivity index (χ1v) is 13.1. The molecule has 1 aromatic heterocycles. The predicted molar refractivity (Wildman–Crippen MR) is 131 cm³/mol. The topological polar surface area (TPSA) is 166 Å². The Morgan fingerprint density at radius 1 is 1.19 bits per heavy atom. The second-order valence-electron chi connectivity index (χ2n) is 7.75. The van der Waals surface area contributed by atoms with Gasteiger partial charge in [-0.1, -0.05) is 46.3 Å². The summed E-state index contributed by atoms with van der Waals surface area (Å²) in [6.07, 6.45) is -2.62. The highest BCUT2D eigenvalue weighted by atomic mass is 79.9. The van der Waals surface area contributed by atoms with Crippen LogP contribution in [0.2, 0.25) is 0 Å². The van der Waals surface area contributed by atoms with Gasteiger partial charge in [-0.2, -0.15) is 13.4 Å². The van der Waals surface area contributed by atoms with Crippen molar-refractivity contribution >= 4 is 49.9 Å². The fourth-order valence-corrected chi connectivity index (χ4v) is 5.08. The summed E-state index contributed by atoms with van der Waals surface area (Å²) in [5.74, 6) is -1.99. The maximum absolute atomic E-state index is 12.9. The summed E-state index contributed by atoms with van der Waals surface area (Å²) in [6, 6.07) is 8.28. The summed E-state index contributed by atoms with van der Waals surface area (Å²) in [6.45, 7) is 1.83. The minimum absolute atomic E-state index is 0.0660. The Kier molecular flexibility index (Phi) is 9.00. The lowest BCUT2D eigenvalue weighted by Gasteiger charge is -2.24. The number of nitrogens with zero attached hydrogens (tertiary/aromatic N) is 2. The highest BCUT2D eigenvalue weighted by Gasteiger charge is 2.51. The quantitative estimate of drug-likeness (QED) is 0.334. The number of anilines is 1. The lowest BCUT2D eigenvalue weighted by molar-refractivity contribution is -0.155. The van der Waals surface area contributed by atoms with Crippen molar-refractivity contribution in [2.24, 2.45) is 0 Å². The van der Waals surface area contributed by atoms with Crippen LogP contribution in [0.4, 0.5) is 5.82 Å². The Bertz CT molecular complexity index is 1300. The molecule has 0 aliphatic carbocycles. The smallest absolute Gasteiger partial charge is 0.351 e. The zero-order valence-corrected chi connectivity index (χ0v) is 21.7. The zero-order valence-electron chi connectivity index (χ0n) is 19.3. The number of carbonyl (C=O) groups is 2. The summed E-state index contributed by atoms with van der Waals surface area (Å²) in [5.41, 5.74) is 5.74. The molecule has 1 saturated heterocycles. The van der Waals surface area contributed by atoms with E-state index >= 15 is 0 Å². The van der Waals surface area contributed by atoms with Crippen molar-refractivity contribution in [3.05, 3.63) is 63.1 Å². The summed E-state index contributed by atoms with van der Waals surface area (Å²) < 4.78 is 48.6. The number of nitrogens with two attached hydrogens (primary N) is 1. The number of carbonyl (C=O) groups excluding carboxylic acids is 2. The molecule has 1 aliphatic heterocycles. The maximum Gasteiger partial charge on any atom is 0.351 e. The van der Waals surface area contributed by atoms with Gasteiger partial charge in [0.25, 0.3) is 10.1 Å².